The molecule has 1 fully saturated rings. The molecule has 1 aliphatic rings. The van der Waals surface area contributed by atoms with Crippen molar-refractivity contribution in [1.82, 2.24) is 4.90 Å². The molecule has 0 aliphatic carbocycles. The first-order chi connectivity index (χ1) is 14.6. The number of ether oxygens (including phenoxy) is 3. The number of fused-ring (bicyclic) bond motifs is 1. The van der Waals surface area contributed by atoms with Crippen LogP contribution < -0.4 is 19.8 Å². The summed E-state index contributed by atoms with van der Waals surface area (Å²) in [5, 5.41) is 0.366. The zero-order valence-corrected chi connectivity index (χ0v) is 17.7. The first-order valence-corrected chi connectivity index (χ1v) is 10.4. The molecule has 156 valence electrons. The van der Waals surface area contributed by atoms with E-state index in [1.807, 2.05) is 18.2 Å². The lowest BCUT2D eigenvalue weighted by Crippen LogP contribution is -2.33. The van der Waals surface area contributed by atoms with Crippen LogP contribution in [0, 0.1) is 0 Å². The fraction of sp³-hybridized carbons (Fsp3) is 0.273. The molecular weight excluding hydrogens is 406 g/mol. The molecule has 0 N–H and O–H groups in total. The van der Waals surface area contributed by atoms with Gasteiger partial charge in [0.05, 0.1) is 21.3 Å². The van der Waals surface area contributed by atoms with E-state index in [-0.39, 0.29) is 16.8 Å². The highest BCUT2D eigenvalue weighted by atomic mass is 32.2. The molecule has 0 unspecified atom stereocenters. The molecule has 7 nitrogen and oxygen atoms in total. The van der Waals surface area contributed by atoms with Gasteiger partial charge in [-0.2, -0.15) is 0 Å². The number of thioether (sulfide) groups is 1. The van der Waals surface area contributed by atoms with Gasteiger partial charge in [-0.15, -0.1) is 11.8 Å². The van der Waals surface area contributed by atoms with Crippen LogP contribution in [0.5, 0.6) is 17.2 Å². The minimum Gasteiger partial charge on any atom is -0.496 e. The van der Waals surface area contributed by atoms with Gasteiger partial charge in [-0.3, -0.25) is 4.79 Å². The van der Waals surface area contributed by atoms with Crippen molar-refractivity contribution in [3.63, 3.8) is 0 Å². The number of hydrogen-bond acceptors (Lipinski definition) is 7. The molecule has 1 aliphatic heterocycles. The highest BCUT2D eigenvalue weighted by molar-refractivity contribution is 7.99. The Labute approximate surface area is 177 Å². The van der Waals surface area contributed by atoms with Crippen LogP contribution in [0.25, 0.3) is 11.0 Å². The van der Waals surface area contributed by atoms with Crippen molar-refractivity contribution in [2.45, 2.75) is 5.37 Å². The van der Waals surface area contributed by atoms with Gasteiger partial charge >= 0.3 is 5.63 Å². The summed E-state index contributed by atoms with van der Waals surface area (Å²) in [7, 11) is 4.67. The smallest absolute Gasteiger partial charge is 0.349 e. The van der Waals surface area contributed by atoms with E-state index in [0.29, 0.717) is 34.8 Å². The molecule has 1 saturated heterocycles. The Morgan fingerprint density at radius 3 is 2.47 bits per heavy atom. The van der Waals surface area contributed by atoms with Gasteiger partial charge in [0, 0.05) is 29.3 Å². The zero-order chi connectivity index (χ0) is 21.3. The van der Waals surface area contributed by atoms with Crippen LogP contribution in [0.3, 0.4) is 0 Å². The van der Waals surface area contributed by atoms with E-state index < -0.39 is 5.63 Å². The zero-order valence-electron chi connectivity index (χ0n) is 16.8. The molecule has 1 aromatic heterocycles. The van der Waals surface area contributed by atoms with Crippen molar-refractivity contribution < 1.29 is 23.4 Å². The van der Waals surface area contributed by atoms with Crippen LogP contribution in [0.4, 0.5) is 0 Å². The van der Waals surface area contributed by atoms with Crippen LogP contribution in [-0.2, 0) is 0 Å². The monoisotopic (exact) mass is 427 g/mol. The Bertz CT molecular complexity index is 1160. The molecular formula is C22H21NO6S. The molecule has 0 bridgehead atoms. The van der Waals surface area contributed by atoms with Gasteiger partial charge in [0.25, 0.3) is 5.91 Å². The van der Waals surface area contributed by atoms with Crippen molar-refractivity contribution >= 4 is 28.6 Å². The summed E-state index contributed by atoms with van der Waals surface area (Å²) in [6.45, 7) is 0.498. The van der Waals surface area contributed by atoms with E-state index in [0.717, 1.165) is 11.3 Å². The van der Waals surface area contributed by atoms with Crippen LogP contribution in [0.15, 0.2) is 51.7 Å². The number of methoxy groups -OCH3 is 3. The summed E-state index contributed by atoms with van der Waals surface area (Å²) >= 11 is 1.59. The first kappa shape index (κ1) is 20.2. The average Bonchev–Trinajstić information content (AvgIpc) is 3.26. The van der Waals surface area contributed by atoms with Crippen LogP contribution in [0.2, 0.25) is 0 Å². The molecule has 3 aromatic rings. The topological polar surface area (TPSA) is 78.2 Å². The summed E-state index contributed by atoms with van der Waals surface area (Å²) in [5.41, 5.74) is 0.596. The maximum atomic E-state index is 13.3. The van der Waals surface area contributed by atoms with E-state index in [1.54, 1.807) is 62.3 Å². The Kier molecular flexibility index (Phi) is 5.59. The number of hydrogen-bond donors (Lipinski definition) is 0. The van der Waals surface area contributed by atoms with Gasteiger partial charge in [-0.1, -0.05) is 18.2 Å². The van der Waals surface area contributed by atoms with Crippen LogP contribution in [0.1, 0.15) is 21.3 Å². The predicted molar refractivity (Wildman–Crippen MR) is 115 cm³/mol. The second-order valence-electron chi connectivity index (χ2n) is 6.66. The molecule has 0 radical (unpaired) electrons. The van der Waals surface area contributed by atoms with E-state index in [4.69, 9.17) is 18.6 Å². The van der Waals surface area contributed by atoms with Crippen molar-refractivity contribution in [3.8, 4) is 17.2 Å². The molecule has 1 atom stereocenters. The van der Waals surface area contributed by atoms with Gasteiger partial charge in [-0.25, -0.2) is 4.79 Å². The highest BCUT2D eigenvalue weighted by Gasteiger charge is 2.35. The third-order valence-electron chi connectivity index (χ3n) is 5.03. The van der Waals surface area contributed by atoms with Gasteiger partial charge in [0.2, 0.25) is 0 Å². The minimum atomic E-state index is -0.645. The summed E-state index contributed by atoms with van der Waals surface area (Å²) in [4.78, 5) is 27.5. The number of carbonyl (C=O) groups is 1. The normalized spacial score (nSPS) is 16.0. The number of rotatable bonds is 5. The molecule has 2 heterocycles. The maximum Gasteiger partial charge on any atom is 0.349 e. The number of nitrogens with zero attached hydrogens (tertiary/aromatic N) is 1. The minimum absolute atomic E-state index is 0.0145. The van der Waals surface area contributed by atoms with E-state index in [9.17, 15) is 9.59 Å². The van der Waals surface area contributed by atoms with Crippen molar-refractivity contribution in [1.29, 1.82) is 0 Å². The van der Waals surface area contributed by atoms with Crippen LogP contribution in [-0.4, -0.2) is 44.4 Å². The molecule has 8 heteroatoms. The lowest BCUT2D eigenvalue weighted by atomic mass is 10.1. The second-order valence-corrected chi connectivity index (χ2v) is 7.84. The van der Waals surface area contributed by atoms with Gasteiger partial charge < -0.3 is 23.5 Å². The third kappa shape index (κ3) is 3.47. The van der Waals surface area contributed by atoms with Crippen LogP contribution >= 0.6 is 11.8 Å². The molecule has 4 rings (SSSR count). The fourth-order valence-electron chi connectivity index (χ4n) is 3.55. The Balaban J connectivity index is 1.75. The highest BCUT2D eigenvalue weighted by Crippen LogP contribution is 2.46. The van der Waals surface area contributed by atoms with Crippen molar-refractivity contribution in [2.24, 2.45) is 0 Å². The predicted octanol–water partition coefficient (Wildman–Crippen LogP) is 3.71. The summed E-state index contributed by atoms with van der Waals surface area (Å²) in [5.74, 6) is 2.01. The SMILES string of the molecule is COc1cc(OC)c([C@@H]2SCCN2C(=O)c2cc3ccccc3oc2=O)cc1OC. The Hall–Kier alpha value is -3.13. The molecule has 2 aromatic carbocycles. The molecule has 1 amide bonds. The quantitative estimate of drug-likeness (QED) is 0.575. The number of para-hydroxylation sites is 1. The summed E-state index contributed by atoms with van der Waals surface area (Å²) < 4.78 is 21.7. The van der Waals surface area contributed by atoms with Gasteiger partial charge in [0.1, 0.15) is 22.3 Å². The van der Waals surface area contributed by atoms with E-state index in [2.05, 4.69) is 0 Å². The number of carbonyl (C=O) groups excluding carboxylic acids is 1. The van der Waals surface area contributed by atoms with Crippen molar-refractivity contribution in [2.75, 3.05) is 33.6 Å². The summed E-state index contributed by atoms with van der Waals surface area (Å²) in [6.07, 6.45) is 0. The lowest BCUT2D eigenvalue weighted by molar-refractivity contribution is 0.0755. The number of amides is 1. The molecule has 0 spiro atoms. The van der Waals surface area contributed by atoms with Gasteiger partial charge in [0.15, 0.2) is 11.5 Å². The maximum absolute atomic E-state index is 13.3. The van der Waals surface area contributed by atoms with Crippen molar-refractivity contribution in [3.05, 3.63) is 64.0 Å². The summed E-state index contributed by atoms with van der Waals surface area (Å²) in [6, 6.07) is 12.3. The standard InChI is InChI=1S/C22H21NO6S/c1-26-17-12-19(28-3)18(27-2)11-14(17)21-23(8-9-30-21)20(24)15-10-13-6-4-5-7-16(13)29-22(15)25/h4-7,10-12,21H,8-9H2,1-3H3/t21-/m0/s1. The Morgan fingerprint density at radius 2 is 1.73 bits per heavy atom. The fourth-order valence-corrected chi connectivity index (χ4v) is 4.82. The largest absolute Gasteiger partial charge is 0.496 e. The van der Waals surface area contributed by atoms with Gasteiger partial charge in [-0.05, 0) is 18.2 Å². The molecule has 0 saturated carbocycles. The third-order valence-corrected chi connectivity index (χ3v) is 6.27. The first-order valence-electron chi connectivity index (χ1n) is 9.32. The van der Waals surface area contributed by atoms with E-state index >= 15 is 0 Å². The second kappa shape index (κ2) is 8.31. The Morgan fingerprint density at radius 1 is 1.03 bits per heavy atom. The lowest BCUT2D eigenvalue weighted by Gasteiger charge is -2.26. The average molecular weight is 427 g/mol. The molecule has 30 heavy (non-hydrogen) atoms. The van der Waals surface area contributed by atoms with E-state index in [1.165, 1.54) is 0 Å². The number of benzene rings is 2.